The second-order valence-corrected chi connectivity index (χ2v) is 6.19. The molecule has 1 unspecified atom stereocenters. The molecule has 0 saturated carbocycles. The van der Waals surface area contributed by atoms with Crippen molar-refractivity contribution in [1.29, 1.82) is 0 Å². The third-order valence-electron chi connectivity index (χ3n) is 3.67. The number of nitrogens with zero attached hydrogens (tertiary/aromatic N) is 1. The third-order valence-corrected chi connectivity index (χ3v) is 5.01. The quantitative estimate of drug-likeness (QED) is 0.875. The van der Waals surface area contributed by atoms with Crippen LogP contribution in [0, 0.1) is 0 Å². The standard InChI is InChI=1S/C14H16N2O3S/c17-12-13(16-6-2-1-3-7-16)20-11-5-4-9(14(18)19)8-10(11)15-12/h4-5,8,13H,1-3,6-7H2,(H,15,17)(H,18,19). The van der Waals surface area contributed by atoms with E-state index in [0.717, 1.165) is 30.8 Å². The third kappa shape index (κ3) is 2.53. The van der Waals surface area contributed by atoms with Crippen molar-refractivity contribution in [3.8, 4) is 0 Å². The van der Waals surface area contributed by atoms with E-state index in [1.807, 2.05) is 0 Å². The summed E-state index contributed by atoms with van der Waals surface area (Å²) in [6, 6.07) is 4.88. The number of carbonyl (C=O) groups excluding carboxylic acids is 1. The maximum Gasteiger partial charge on any atom is 0.335 e. The van der Waals surface area contributed by atoms with E-state index >= 15 is 0 Å². The first-order valence-corrected chi connectivity index (χ1v) is 7.62. The highest BCUT2D eigenvalue weighted by molar-refractivity contribution is 8.00. The zero-order valence-electron chi connectivity index (χ0n) is 11.0. The number of piperidine rings is 1. The molecular formula is C14H16N2O3S. The first-order chi connectivity index (χ1) is 9.65. The van der Waals surface area contributed by atoms with Gasteiger partial charge in [-0.3, -0.25) is 9.69 Å². The van der Waals surface area contributed by atoms with E-state index in [1.54, 1.807) is 12.1 Å². The molecular weight excluding hydrogens is 276 g/mol. The lowest BCUT2D eigenvalue weighted by molar-refractivity contribution is -0.118. The van der Waals surface area contributed by atoms with Gasteiger partial charge in [0, 0.05) is 4.90 Å². The van der Waals surface area contributed by atoms with E-state index in [9.17, 15) is 9.59 Å². The zero-order valence-corrected chi connectivity index (χ0v) is 11.8. The highest BCUT2D eigenvalue weighted by Crippen LogP contribution is 2.38. The predicted octanol–water partition coefficient (Wildman–Crippen LogP) is 2.24. The highest BCUT2D eigenvalue weighted by Gasteiger charge is 2.32. The van der Waals surface area contributed by atoms with E-state index in [-0.39, 0.29) is 16.8 Å². The number of fused-ring (bicyclic) bond motifs is 1. The molecule has 1 aromatic rings. The van der Waals surface area contributed by atoms with E-state index in [4.69, 9.17) is 5.11 Å². The molecule has 106 valence electrons. The molecule has 5 nitrogen and oxygen atoms in total. The number of thioether (sulfide) groups is 1. The Morgan fingerprint density at radius 1 is 1.30 bits per heavy atom. The van der Waals surface area contributed by atoms with Crippen molar-refractivity contribution in [2.45, 2.75) is 29.5 Å². The number of nitrogens with one attached hydrogen (secondary N) is 1. The fourth-order valence-electron chi connectivity index (χ4n) is 2.62. The smallest absolute Gasteiger partial charge is 0.335 e. The number of hydrogen-bond donors (Lipinski definition) is 2. The summed E-state index contributed by atoms with van der Waals surface area (Å²) in [6.45, 7) is 1.90. The van der Waals surface area contributed by atoms with Gasteiger partial charge in [-0.1, -0.05) is 18.2 Å². The van der Waals surface area contributed by atoms with Crippen LogP contribution in [-0.2, 0) is 4.79 Å². The molecule has 1 fully saturated rings. The Kier molecular flexibility index (Phi) is 3.67. The molecule has 0 radical (unpaired) electrons. The lowest BCUT2D eigenvalue weighted by Crippen LogP contribution is -2.46. The van der Waals surface area contributed by atoms with Gasteiger partial charge in [0.05, 0.1) is 11.3 Å². The molecule has 0 spiro atoms. The highest BCUT2D eigenvalue weighted by atomic mass is 32.2. The Labute approximate surface area is 121 Å². The minimum atomic E-state index is -0.981. The maximum absolute atomic E-state index is 12.2. The topological polar surface area (TPSA) is 69.6 Å². The molecule has 1 atom stereocenters. The van der Waals surface area contributed by atoms with Gasteiger partial charge in [0.1, 0.15) is 5.37 Å². The monoisotopic (exact) mass is 292 g/mol. The van der Waals surface area contributed by atoms with E-state index in [1.165, 1.54) is 24.2 Å². The summed E-state index contributed by atoms with van der Waals surface area (Å²) in [4.78, 5) is 26.3. The van der Waals surface area contributed by atoms with Crippen LogP contribution in [0.4, 0.5) is 5.69 Å². The number of rotatable bonds is 2. The van der Waals surface area contributed by atoms with Gasteiger partial charge in [0.2, 0.25) is 0 Å². The van der Waals surface area contributed by atoms with Gasteiger partial charge in [0.15, 0.2) is 0 Å². The Balaban J connectivity index is 1.83. The molecule has 0 aromatic heterocycles. The fourth-order valence-corrected chi connectivity index (χ4v) is 3.77. The number of likely N-dealkylation sites (tertiary alicyclic amines) is 1. The Bertz CT molecular complexity index is 555. The molecule has 0 bridgehead atoms. The summed E-state index contributed by atoms with van der Waals surface area (Å²) >= 11 is 1.51. The first kappa shape index (κ1) is 13.5. The molecule has 2 N–H and O–H groups in total. The fraction of sp³-hybridized carbons (Fsp3) is 0.429. The van der Waals surface area contributed by atoms with Crippen LogP contribution in [0.15, 0.2) is 23.1 Å². The Hall–Kier alpha value is -1.53. The average Bonchev–Trinajstić information content (AvgIpc) is 2.46. The van der Waals surface area contributed by atoms with Gasteiger partial charge >= 0.3 is 5.97 Å². The van der Waals surface area contributed by atoms with E-state index < -0.39 is 5.97 Å². The second kappa shape index (κ2) is 5.46. The Morgan fingerprint density at radius 2 is 2.05 bits per heavy atom. The zero-order chi connectivity index (χ0) is 14.1. The number of carboxylic acid groups (broad SMARTS) is 1. The molecule has 1 aromatic carbocycles. The van der Waals surface area contributed by atoms with Crippen LogP contribution in [0.1, 0.15) is 29.6 Å². The maximum atomic E-state index is 12.2. The van der Waals surface area contributed by atoms with Crippen molar-refractivity contribution in [2.75, 3.05) is 18.4 Å². The molecule has 20 heavy (non-hydrogen) atoms. The summed E-state index contributed by atoms with van der Waals surface area (Å²) in [5.74, 6) is -1.03. The summed E-state index contributed by atoms with van der Waals surface area (Å²) < 4.78 is 0. The summed E-state index contributed by atoms with van der Waals surface area (Å²) in [7, 11) is 0. The molecule has 6 heteroatoms. The number of carboxylic acids is 1. The summed E-state index contributed by atoms with van der Waals surface area (Å²) in [5, 5.41) is 11.6. The summed E-state index contributed by atoms with van der Waals surface area (Å²) in [5.41, 5.74) is 0.800. The molecule has 1 saturated heterocycles. The van der Waals surface area contributed by atoms with Crippen LogP contribution in [0.2, 0.25) is 0 Å². The van der Waals surface area contributed by atoms with Crippen LogP contribution in [0.5, 0.6) is 0 Å². The number of anilines is 1. The van der Waals surface area contributed by atoms with Crippen molar-refractivity contribution >= 4 is 29.3 Å². The van der Waals surface area contributed by atoms with Crippen molar-refractivity contribution < 1.29 is 14.7 Å². The molecule has 2 heterocycles. The van der Waals surface area contributed by atoms with Crippen LogP contribution >= 0.6 is 11.8 Å². The van der Waals surface area contributed by atoms with Gasteiger partial charge in [-0.25, -0.2) is 4.79 Å². The van der Waals surface area contributed by atoms with Gasteiger partial charge < -0.3 is 10.4 Å². The van der Waals surface area contributed by atoms with Crippen molar-refractivity contribution in [3.05, 3.63) is 23.8 Å². The minimum absolute atomic E-state index is 0.0491. The molecule has 2 aliphatic rings. The minimum Gasteiger partial charge on any atom is -0.478 e. The number of carbonyl (C=O) groups is 2. The molecule has 1 amide bonds. The van der Waals surface area contributed by atoms with Crippen LogP contribution < -0.4 is 5.32 Å². The number of hydrogen-bond acceptors (Lipinski definition) is 4. The second-order valence-electron chi connectivity index (χ2n) is 5.07. The van der Waals surface area contributed by atoms with Gasteiger partial charge in [-0.15, -0.1) is 0 Å². The number of amides is 1. The molecule has 0 aliphatic carbocycles. The lowest BCUT2D eigenvalue weighted by Gasteiger charge is -2.35. The van der Waals surface area contributed by atoms with E-state index in [0.29, 0.717) is 5.69 Å². The average molecular weight is 292 g/mol. The molecule has 2 aliphatic heterocycles. The van der Waals surface area contributed by atoms with Gasteiger partial charge in [-0.2, -0.15) is 0 Å². The van der Waals surface area contributed by atoms with Crippen LogP contribution in [-0.4, -0.2) is 40.3 Å². The van der Waals surface area contributed by atoms with Crippen LogP contribution in [0.25, 0.3) is 0 Å². The number of aromatic carboxylic acids is 1. The van der Waals surface area contributed by atoms with Crippen LogP contribution in [0.3, 0.4) is 0 Å². The molecule has 3 rings (SSSR count). The van der Waals surface area contributed by atoms with Gasteiger partial charge in [-0.05, 0) is 44.1 Å². The van der Waals surface area contributed by atoms with Gasteiger partial charge in [0.25, 0.3) is 5.91 Å². The van der Waals surface area contributed by atoms with Crippen molar-refractivity contribution in [3.63, 3.8) is 0 Å². The predicted molar refractivity (Wildman–Crippen MR) is 77.1 cm³/mol. The summed E-state index contributed by atoms with van der Waals surface area (Å²) in [6.07, 6.45) is 3.50. The Morgan fingerprint density at radius 3 is 2.75 bits per heavy atom. The van der Waals surface area contributed by atoms with Crippen molar-refractivity contribution in [1.82, 2.24) is 4.90 Å². The largest absolute Gasteiger partial charge is 0.478 e. The normalized spacial score (nSPS) is 23.0. The first-order valence-electron chi connectivity index (χ1n) is 6.74. The lowest BCUT2D eigenvalue weighted by atomic mass is 10.1. The number of benzene rings is 1. The SMILES string of the molecule is O=C(O)c1ccc2c(c1)NC(=O)C(N1CCCCC1)S2. The van der Waals surface area contributed by atoms with Crippen molar-refractivity contribution in [2.24, 2.45) is 0 Å². The van der Waals surface area contributed by atoms with E-state index in [2.05, 4.69) is 10.2 Å².